The van der Waals surface area contributed by atoms with Crippen LogP contribution >= 0.6 is 0 Å². The summed E-state index contributed by atoms with van der Waals surface area (Å²) in [6.07, 6.45) is 6.34. The van der Waals surface area contributed by atoms with Crippen LogP contribution in [0.15, 0.2) is 48.9 Å². The van der Waals surface area contributed by atoms with Crippen LogP contribution in [0.4, 0.5) is 0 Å². The summed E-state index contributed by atoms with van der Waals surface area (Å²) in [6, 6.07) is 10.3. The number of carbonyl (C=O) groups excluding carboxylic acids is 1. The summed E-state index contributed by atoms with van der Waals surface area (Å²) in [4.78, 5) is 22.7. The van der Waals surface area contributed by atoms with Crippen LogP contribution in [0, 0.1) is 0 Å². The number of carbonyl (C=O) groups is 1. The smallest absolute Gasteiger partial charge is 0.274 e. The summed E-state index contributed by atoms with van der Waals surface area (Å²) < 4.78 is 5.45. The number of amides is 1. The maximum atomic E-state index is 12.7. The van der Waals surface area contributed by atoms with E-state index < -0.39 is 0 Å². The van der Waals surface area contributed by atoms with Gasteiger partial charge in [-0.15, -0.1) is 0 Å². The molecule has 5 nitrogen and oxygen atoms in total. The van der Waals surface area contributed by atoms with Crippen molar-refractivity contribution in [3.05, 3.63) is 60.2 Å². The molecule has 1 saturated heterocycles. The van der Waals surface area contributed by atoms with Crippen LogP contribution in [0.1, 0.15) is 22.5 Å². The Morgan fingerprint density at radius 3 is 2.82 bits per heavy atom. The van der Waals surface area contributed by atoms with Gasteiger partial charge in [0.05, 0.1) is 18.8 Å². The highest BCUT2D eigenvalue weighted by molar-refractivity contribution is 5.92. The van der Waals surface area contributed by atoms with Gasteiger partial charge < -0.3 is 9.64 Å². The van der Waals surface area contributed by atoms with Gasteiger partial charge in [-0.05, 0) is 18.4 Å². The van der Waals surface area contributed by atoms with E-state index in [-0.39, 0.29) is 11.9 Å². The van der Waals surface area contributed by atoms with E-state index in [1.807, 2.05) is 23.1 Å². The Kier molecular flexibility index (Phi) is 4.75. The number of rotatable bonds is 5. The molecule has 0 saturated carbocycles. The highest BCUT2D eigenvalue weighted by Gasteiger charge is 2.28. The van der Waals surface area contributed by atoms with Crippen molar-refractivity contribution < 1.29 is 9.53 Å². The fourth-order valence-electron chi connectivity index (χ4n) is 2.67. The van der Waals surface area contributed by atoms with Gasteiger partial charge in [0.15, 0.2) is 0 Å². The Hall–Kier alpha value is -2.27. The Balaban J connectivity index is 1.73. The zero-order chi connectivity index (χ0) is 15.2. The molecule has 1 amide bonds. The predicted molar refractivity (Wildman–Crippen MR) is 82.4 cm³/mol. The van der Waals surface area contributed by atoms with Gasteiger partial charge >= 0.3 is 0 Å². The monoisotopic (exact) mass is 297 g/mol. The zero-order valence-electron chi connectivity index (χ0n) is 12.4. The average Bonchev–Trinajstić information content (AvgIpc) is 3.11. The number of hydrogen-bond acceptors (Lipinski definition) is 4. The Labute approximate surface area is 130 Å². The number of benzene rings is 1. The Morgan fingerprint density at radius 1 is 1.27 bits per heavy atom. The van der Waals surface area contributed by atoms with Crippen molar-refractivity contribution in [3.8, 4) is 0 Å². The molecule has 1 fully saturated rings. The van der Waals surface area contributed by atoms with Crippen LogP contribution in [0.25, 0.3) is 0 Å². The van der Waals surface area contributed by atoms with Gasteiger partial charge in [-0.2, -0.15) is 0 Å². The lowest BCUT2D eigenvalue weighted by Gasteiger charge is -2.27. The Bertz CT molecular complexity index is 598. The topological polar surface area (TPSA) is 55.3 Å². The maximum absolute atomic E-state index is 12.7. The van der Waals surface area contributed by atoms with E-state index in [4.69, 9.17) is 4.74 Å². The van der Waals surface area contributed by atoms with Gasteiger partial charge in [0, 0.05) is 25.5 Å². The normalized spacial score (nSPS) is 17.4. The number of aromatic nitrogens is 2. The van der Waals surface area contributed by atoms with Crippen molar-refractivity contribution in [2.24, 2.45) is 0 Å². The number of nitrogens with zero attached hydrogens (tertiary/aromatic N) is 3. The van der Waals surface area contributed by atoms with Gasteiger partial charge in [0.25, 0.3) is 5.91 Å². The molecule has 1 atom stereocenters. The summed E-state index contributed by atoms with van der Waals surface area (Å²) in [5.41, 5.74) is 1.61. The minimum absolute atomic E-state index is 0.0699. The fourth-order valence-corrected chi connectivity index (χ4v) is 2.67. The van der Waals surface area contributed by atoms with Crippen LogP contribution in [-0.2, 0) is 11.2 Å². The minimum Gasteiger partial charge on any atom is -0.379 e. The van der Waals surface area contributed by atoms with E-state index >= 15 is 0 Å². The van der Waals surface area contributed by atoms with Crippen molar-refractivity contribution in [3.63, 3.8) is 0 Å². The van der Waals surface area contributed by atoms with Crippen molar-refractivity contribution >= 4 is 5.91 Å². The summed E-state index contributed by atoms with van der Waals surface area (Å²) in [5.74, 6) is -0.0699. The molecular weight excluding hydrogens is 278 g/mol. The fraction of sp³-hybridized carbons (Fsp3) is 0.353. The molecule has 22 heavy (non-hydrogen) atoms. The van der Waals surface area contributed by atoms with Crippen LogP contribution in [-0.4, -0.2) is 46.6 Å². The van der Waals surface area contributed by atoms with Crippen LogP contribution in [0.3, 0.4) is 0 Å². The van der Waals surface area contributed by atoms with Gasteiger partial charge in [-0.25, -0.2) is 4.98 Å². The zero-order valence-corrected chi connectivity index (χ0v) is 12.4. The van der Waals surface area contributed by atoms with Crippen LogP contribution < -0.4 is 0 Å². The first kappa shape index (κ1) is 14.7. The quantitative estimate of drug-likeness (QED) is 0.846. The second-order valence-corrected chi connectivity index (χ2v) is 5.34. The van der Waals surface area contributed by atoms with Crippen molar-refractivity contribution in [2.45, 2.75) is 18.9 Å². The molecule has 0 N–H and O–H groups in total. The van der Waals surface area contributed by atoms with E-state index in [9.17, 15) is 4.79 Å². The van der Waals surface area contributed by atoms with Gasteiger partial charge in [0.1, 0.15) is 5.69 Å². The third kappa shape index (κ3) is 3.49. The third-order valence-corrected chi connectivity index (χ3v) is 3.87. The molecule has 0 radical (unpaired) electrons. The van der Waals surface area contributed by atoms with Crippen molar-refractivity contribution in [2.75, 3.05) is 19.8 Å². The lowest BCUT2D eigenvalue weighted by atomic mass is 10.1. The first-order chi connectivity index (χ1) is 10.8. The van der Waals surface area contributed by atoms with Crippen LogP contribution in [0.2, 0.25) is 0 Å². The lowest BCUT2D eigenvalue weighted by Crippen LogP contribution is -2.42. The SMILES string of the molecule is O=C(c1cnccn1)N(CCc1ccccc1)[C@@H]1CCOC1. The van der Waals surface area contributed by atoms with E-state index in [0.717, 1.165) is 12.8 Å². The second-order valence-electron chi connectivity index (χ2n) is 5.34. The minimum atomic E-state index is -0.0699. The molecule has 5 heteroatoms. The summed E-state index contributed by atoms with van der Waals surface area (Å²) in [7, 11) is 0. The molecule has 0 unspecified atom stereocenters. The lowest BCUT2D eigenvalue weighted by molar-refractivity contribution is 0.0650. The highest BCUT2D eigenvalue weighted by atomic mass is 16.5. The predicted octanol–water partition coefficient (Wildman–Crippen LogP) is 1.95. The molecule has 0 bridgehead atoms. The highest BCUT2D eigenvalue weighted by Crippen LogP contribution is 2.16. The van der Waals surface area contributed by atoms with Gasteiger partial charge in [-0.1, -0.05) is 30.3 Å². The van der Waals surface area contributed by atoms with E-state index in [2.05, 4.69) is 22.1 Å². The standard InChI is InChI=1S/C17H19N3O2/c21-17(16-12-18-8-9-19-16)20(15-7-11-22-13-15)10-6-14-4-2-1-3-5-14/h1-5,8-9,12,15H,6-7,10-11,13H2/t15-/m1/s1. The van der Waals surface area contributed by atoms with E-state index in [1.54, 1.807) is 12.4 Å². The summed E-state index contributed by atoms with van der Waals surface area (Å²) >= 11 is 0. The first-order valence-corrected chi connectivity index (χ1v) is 7.53. The molecule has 1 aromatic heterocycles. The second kappa shape index (κ2) is 7.13. The third-order valence-electron chi connectivity index (χ3n) is 3.87. The molecule has 0 spiro atoms. The van der Waals surface area contributed by atoms with Crippen molar-refractivity contribution in [1.82, 2.24) is 14.9 Å². The molecule has 2 heterocycles. The molecule has 2 aromatic rings. The summed E-state index contributed by atoms with van der Waals surface area (Å²) in [6.45, 7) is 1.97. The average molecular weight is 297 g/mol. The van der Waals surface area contributed by atoms with Crippen LogP contribution in [0.5, 0.6) is 0 Å². The largest absolute Gasteiger partial charge is 0.379 e. The number of ether oxygens (including phenoxy) is 1. The first-order valence-electron chi connectivity index (χ1n) is 7.53. The van der Waals surface area contributed by atoms with Gasteiger partial charge in [0.2, 0.25) is 0 Å². The Morgan fingerprint density at radius 2 is 2.14 bits per heavy atom. The molecule has 0 aliphatic carbocycles. The molecule has 1 aliphatic heterocycles. The van der Waals surface area contributed by atoms with E-state index in [0.29, 0.717) is 25.5 Å². The summed E-state index contributed by atoms with van der Waals surface area (Å²) in [5, 5.41) is 0. The number of hydrogen-bond donors (Lipinski definition) is 0. The molecule has 1 aromatic carbocycles. The van der Waals surface area contributed by atoms with Crippen molar-refractivity contribution in [1.29, 1.82) is 0 Å². The van der Waals surface area contributed by atoms with E-state index in [1.165, 1.54) is 11.8 Å². The van der Waals surface area contributed by atoms with Gasteiger partial charge in [-0.3, -0.25) is 9.78 Å². The molecular formula is C17H19N3O2. The molecule has 1 aliphatic rings. The maximum Gasteiger partial charge on any atom is 0.274 e. The molecule has 3 rings (SSSR count). The molecule has 114 valence electrons.